The van der Waals surface area contributed by atoms with Crippen LogP contribution in [0.4, 0.5) is 5.69 Å². The summed E-state index contributed by atoms with van der Waals surface area (Å²) in [5.74, 6) is 2.30. The Hall–Kier alpha value is -1.42. The van der Waals surface area contributed by atoms with Crippen molar-refractivity contribution in [2.24, 2.45) is 5.92 Å². The lowest BCUT2D eigenvalue weighted by molar-refractivity contribution is 0.311. The van der Waals surface area contributed by atoms with E-state index in [1.807, 2.05) is 25.1 Å². The van der Waals surface area contributed by atoms with Crippen molar-refractivity contribution in [3.05, 3.63) is 18.2 Å². The van der Waals surface area contributed by atoms with Gasteiger partial charge in [-0.15, -0.1) is 0 Å². The highest BCUT2D eigenvalue weighted by Gasteiger charge is 2.13. The van der Waals surface area contributed by atoms with Gasteiger partial charge in [0.2, 0.25) is 0 Å². The summed E-state index contributed by atoms with van der Waals surface area (Å²) >= 11 is 0. The van der Waals surface area contributed by atoms with E-state index in [9.17, 15) is 0 Å². The van der Waals surface area contributed by atoms with Crippen molar-refractivity contribution in [1.82, 2.24) is 5.32 Å². The van der Waals surface area contributed by atoms with Gasteiger partial charge in [-0.2, -0.15) is 0 Å². The first-order valence-corrected chi connectivity index (χ1v) is 7.09. The standard InChI is InChI=1S/C15H24N2O2/c1-3-19-14-7-6-13(9-15(14)18-2)17-11-12-5-4-8-16-10-12/h6-7,9,12,16-17H,3-5,8,10-11H2,1-2H3. The molecule has 1 aromatic rings. The van der Waals surface area contributed by atoms with Gasteiger partial charge in [0.05, 0.1) is 13.7 Å². The first kappa shape index (κ1) is 14.0. The molecule has 0 spiro atoms. The van der Waals surface area contributed by atoms with Crippen molar-refractivity contribution in [3.63, 3.8) is 0 Å². The summed E-state index contributed by atoms with van der Waals surface area (Å²) in [5.41, 5.74) is 1.09. The molecular formula is C15H24N2O2. The van der Waals surface area contributed by atoms with E-state index in [1.165, 1.54) is 12.8 Å². The van der Waals surface area contributed by atoms with Gasteiger partial charge in [-0.25, -0.2) is 0 Å². The number of nitrogens with one attached hydrogen (secondary N) is 2. The molecule has 0 amide bonds. The van der Waals surface area contributed by atoms with Gasteiger partial charge < -0.3 is 20.1 Å². The zero-order chi connectivity index (χ0) is 13.5. The molecule has 1 aromatic carbocycles. The number of benzene rings is 1. The molecule has 4 heteroatoms. The normalized spacial score (nSPS) is 18.9. The molecule has 0 aromatic heterocycles. The van der Waals surface area contributed by atoms with Crippen molar-refractivity contribution in [2.75, 3.05) is 38.7 Å². The molecule has 1 fully saturated rings. The minimum absolute atomic E-state index is 0.650. The van der Waals surface area contributed by atoms with Gasteiger partial charge in [0.15, 0.2) is 11.5 Å². The van der Waals surface area contributed by atoms with Gasteiger partial charge in [-0.05, 0) is 50.9 Å². The lowest BCUT2D eigenvalue weighted by atomic mass is 10.00. The Morgan fingerprint density at radius 2 is 2.26 bits per heavy atom. The van der Waals surface area contributed by atoms with E-state index in [2.05, 4.69) is 10.6 Å². The van der Waals surface area contributed by atoms with Crippen LogP contribution in [0.3, 0.4) is 0 Å². The summed E-state index contributed by atoms with van der Waals surface area (Å²) in [6.07, 6.45) is 2.58. The van der Waals surface area contributed by atoms with Crippen molar-refractivity contribution in [1.29, 1.82) is 0 Å². The van der Waals surface area contributed by atoms with E-state index in [4.69, 9.17) is 9.47 Å². The van der Waals surface area contributed by atoms with Crippen molar-refractivity contribution in [2.45, 2.75) is 19.8 Å². The van der Waals surface area contributed by atoms with Crippen molar-refractivity contribution in [3.8, 4) is 11.5 Å². The zero-order valence-electron chi connectivity index (χ0n) is 11.9. The van der Waals surface area contributed by atoms with Crippen LogP contribution in [-0.4, -0.2) is 33.4 Å². The van der Waals surface area contributed by atoms with Gasteiger partial charge >= 0.3 is 0 Å². The Bertz CT molecular complexity index is 390. The Balaban J connectivity index is 1.92. The van der Waals surface area contributed by atoms with Crippen LogP contribution in [0, 0.1) is 5.92 Å². The van der Waals surface area contributed by atoms with Crippen LogP contribution in [-0.2, 0) is 0 Å². The number of piperidine rings is 1. The average molecular weight is 264 g/mol. The van der Waals surface area contributed by atoms with E-state index >= 15 is 0 Å². The highest BCUT2D eigenvalue weighted by Crippen LogP contribution is 2.30. The van der Waals surface area contributed by atoms with Gasteiger partial charge in [-0.3, -0.25) is 0 Å². The number of hydrogen-bond donors (Lipinski definition) is 2. The smallest absolute Gasteiger partial charge is 0.162 e. The maximum Gasteiger partial charge on any atom is 0.162 e. The third-order valence-electron chi connectivity index (χ3n) is 3.46. The number of rotatable bonds is 6. The van der Waals surface area contributed by atoms with Gasteiger partial charge in [-0.1, -0.05) is 0 Å². The third kappa shape index (κ3) is 4.03. The predicted octanol–water partition coefficient (Wildman–Crippen LogP) is 2.51. The van der Waals surface area contributed by atoms with E-state index in [1.54, 1.807) is 7.11 Å². The third-order valence-corrected chi connectivity index (χ3v) is 3.46. The monoisotopic (exact) mass is 264 g/mol. The number of anilines is 1. The molecule has 4 nitrogen and oxygen atoms in total. The van der Waals surface area contributed by atoms with Gasteiger partial charge in [0.25, 0.3) is 0 Å². The van der Waals surface area contributed by atoms with Crippen LogP contribution < -0.4 is 20.1 Å². The lowest BCUT2D eigenvalue weighted by Crippen LogP contribution is -2.33. The molecule has 0 bridgehead atoms. The Morgan fingerprint density at radius 3 is 2.95 bits per heavy atom. The van der Waals surface area contributed by atoms with Gasteiger partial charge in [0.1, 0.15) is 0 Å². The van der Waals surface area contributed by atoms with E-state index in [-0.39, 0.29) is 0 Å². The summed E-state index contributed by atoms with van der Waals surface area (Å²) in [5, 5.41) is 6.92. The quantitative estimate of drug-likeness (QED) is 0.828. The fourth-order valence-electron chi connectivity index (χ4n) is 2.41. The highest BCUT2D eigenvalue weighted by atomic mass is 16.5. The molecular weight excluding hydrogens is 240 g/mol. The number of ether oxygens (including phenoxy) is 2. The summed E-state index contributed by atoms with van der Waals surface area (Å²) in [7, 11) is 1.67. The molecule has 1 saturated heterocycles. The summed E-state index contributed by atoms with van der Waals surface area (Å²) in [6, 6.07) is 6.01. The van der Waals surface area contributed by atoms with Crippen LogP contribution >= 0.6 is 0 Å². The SMILES string of the molecule is CCOc1ccc(NCC2CCCNC2)cc1OC. The molecule has 2 rings (SSSR count). The van der Waals surface area contributed by atoms with Crippen LogP contribution in [0.5, 0.6) is 11.5 Å². The highest BCUT2D eigenvalue weighted by molar-refractivity contribution is 5.54. The molecule has 19 heavy (non-hydrogen) atoms. The molecule has 2 N–H and O–H groups in total. The molecule has 1 aliphatic rings. The molecule has 0 saturated carbocycles. The summed E-state index contributed by atoms with van der Waals surface area (Å²) < 4.78 is 10.9. The van der Waals surface area contributed by atoms with Crippen molar-refractivity contribution >= 4 is 5.69 Å². The molecule has 0 aliphatic carbocycles. The maximum absolute atomic E-state index is 5.51. The molecule has 1 heterocycles. The predicted molar refractivity (Wildman–Crippen MR) is 78.2 cm³/mol. The van der Waals surface area contributed by atoms with E-state index < -0.39 is 0 Å². The van der Waals surface area contributed by atoms with Crippen LogP contribution in [0.15, 0.2) is 18.2 Å². The minimum atomic E-state index is 0.650. The second-order valence-electron chi connectivity index (χ2n) is 4.89. The first-order chi connectivity index (χ1) is 9.33. The van der Waals surface area contributed by atoms with Crippen LogP contribution in [0.1, 0.15) is 19.8 Å². The molecule has 0 radical (unpaired) electrons. The van der Waals surface area contributed by atoms with E-state index in [0.717, 1.165) is 36.8 Å². The fourth-order valence-corrected chi connectivity index (χ4v) is 2.41. The molecule has 106 valence electrons. The molecule has 1 aliphatic heterocycles. The Labute approximate surface area is 115 Å². The molecule has 1 atom stereocenters. The first-order valence-electron chi connectivity index (χ1n) is 7.09. The van der Waals surface area contributed by atoms with Crippen LogP contribution in [0.25, 0.3) is 0 Å². The fraction of sp³-hybridized carbons (Fsp3) is 0.600. The zero-order valence-corrected chi connectivity index (χ0v) is 11.9. The Kier molecular flexibility index (Phi) is 5.33. The second-order valence-corrected chi connectivity index (χ2v) is 4.89. The number of methoxy groups -OCH3 is 1. The average Bonchev–Trinajstić information content (AvgIpc) is 2.47. The largest absolute Gasteiger partial charge is 0.493 e. The maximum atomic E-state index is 5.51. The van der Waals surface area contributed by atoms with Gasteiger partial charge in [0, 0.05) is 18.3 Å². The Morgan fingerprint density at radius 1 is 1.37 bits per heavy atom. The lowest BCUT2D eigenvalue weighted by Gasteiger charge is -2.23. The summed E-state index contributed by atoms with van der Waals surface area (Å²) in [6.45, 7) is 5.90. The van der Waals surface area contributed by atoms with E-state index in [0.29, 0.717) is 12.5 Å². The number of hydrogen-bond acceptors (Lipinski definition) is 4. The van der Waals surface area contributed by atoms with Crippen molar-refractivity contribution < 1.29 is 9.47 Å². The molecule has 1 unspecified atom stereocenters. The second kappa shape index (κ2) is 7.24. The minimum Gasteiger partial charge on any atom is -0.493 e. The topological polar surface area (TPSA) is 42.5 Å². The van der Waals surface area contributed by atoms with Crippen LogP contribution in [0.2, 0.25) is 0 Å². The summed E-state index contributed by atoms with van der Waals surface area (Å²) in [4.78, 5) is 0.